The van der Waals surface area contributed by atoms with E-state index in [0.29, 0.717) is 13.5 Å². The lowest BCUT2D eigenvalue weighted by atomic mass is 10.1. The van der Waals surface area contributed by atoms with E-state index in [0.717, 1.165) is 101 Å². The van der Waals surface area contributed by atoms with Gasteiger partial charge in [0.15, 0.2) is 0 Å². The standard InChI is InChI=1S/C29H33N3O2SSi.C27H31N3OSSi/c1-22(33)30-24-11-8-12-25(19-24)35-26-14-15-27-28(16-13-23-9-6-5-7-10-23)31-32(29(27)20-26)21-34-17-18-36(2,3)4;1-33(2,3)17-16-31-20-30-27-19-24(32-23-11-7-10-22(28)18-23)13-14-25(27)26(29-30)15-12-21-8-5-4-6-9-21/h5-16,19-20H,17-18,21H2,1-4H3,(H,30,33);4-15,18-19H,16-17,20,28H2,1-3H3/b16-13+;15-12+. The molecule has 6 aromatic carbocycles. The number of nitrogens with one attached hydrogen (secondary N) is 1. The van der Waals surface area contributed by atoms with E-state index in [-0.39, 0.29) is 5.91 Å². The number of amides is 1. The highest BCUT2D eigenvalue weighted by molar-refractivity contribution is 7.99. The fraction of sp³-hybridized carbons (Fsp3) is 0.232. The minimum atomic E-state index is -1.16. The molecular formula is C56H64N6O3S2Si2. The van der Waals surface area contributed by atoms with E-state index >= 15 is 0 Å². The number of aromatic nitrogens is 4. The highest BCUT2D eigenvalue weighted by atomic mass is 32.2. The minimum absolute atomic E-state index is 0.0762. The zero-order valence-electron chi connectivity index (χ0n) is 40.8. The van der Waals surface area contributed by atoms with Gasteiger partial charge < -0.3 is 20.5 Å². The lowest BCUT2D eigenvalue weighted by Crippen LogP contribution is -2.22. The molecule has 13 heteroatoms. The largest absolute Gasteiger partial charge is 0.399 e. The van der Waals surface area contributed by atoms with Crippen molar-refractivity contribution in [3.8, 4) is 0 Å². The number of fused-ring (bicyclic) bond motifs is 2. The normalized spacial score (nSPS) is 12.0. The summed E-state index contributed by atoms with van der Waals surface area (Å²) < 4.78 is 16.0. The zero-order valence-corrected chi connectivity index (χ0v) is 44.4. The average molecular weight is 989 g/mol. The van der Waals surface area contributed by atoms with Crippen LogP contribution in [0.2, 0.25) is 51.4 Å². The van der Waals surface area contributed by atoms with Gasteiger partial charge in [0.2, 0.25) is 5.91 Å². The van der Waals surface area contributed by atoms with Crippen LogP contribution in [0.5, 0.6) is 0 Å². The maximum Gasteiger partial charge on any atom is 0.221 e. The van der Waals surface area contributed by atoms with Crippen LogP contribution in [0.15, 0.2) is 165 Å². The van der Waals surface area contributed by atoms with Gasteiger partial charge in [0.05, 0.1) is 22.4 Å². The molecule has 0 atom stereocenters. The van der Waals surface area contributed by atoms with Crippen LogP contribution < -0.4 is 11.1 Å². The molecule has 69 heavy (non-hydrogen) atoms. The number of carbonyl (C=O) groups excluding carboxylic acids is 1. The molecule has 8 aromatic rings. The quantitative estimate of drug-likeness (QED) is 0.0468. The summed E-state index contributed by atoms with van der Waals surface area (Å²) in [4.78, 5) is 15.9. The van der Waals surface area contributed by atoms with Crippen LogP contribution in [0.1, 0.15) is 29.4 Å². The molecule has 8 rings (SSSR count). The van der Waals surface area contributed by atoms with Crippen molar-refractivity contribution in [1.29, 1.82) is 0 Å². The highest BCUT2D eigenvalue weighted by Crippen LogP contribution is 2.34. The van der Waals surface area contributed by atoms with Crippen LogP contribution in [0.4, 0.5) is 11.4 Å². The predicted octanol–water partition coefficient (Wildman–Crippen LogP) is 14.9. The Morgan fingerprint density at radius 3 is 1.46 bits per heavy atom. The van der Waals surface area contributed by atoms with Crippen LogP contribution in [0.25, 0.3) is 46.1 Å². The van der Waals surface area contributed by atoms with E-state index in [1.165, 1.54) is 6.92 Å². The number of rotatable bonds is 19. The number of carbonyl (C=O) groups is 1. The van der Waals surface area contributed by atoms with Crippen LogP contribution in [-0.2, 0) is 27.7 Å². The molecule has 0 aliphatic heterocycles. The second kappa shape index (κ2) is 24.1. The third kappa shape index (κ3) is 16.1. The summed E-state index contributed by atoms with van der Waals surface area (Å²) >= 11 is 3.36. The first kappa shape index (κ1) is 50.9. The van der Waals surface area contributed by atoms with E-state index in [4.69, 9.17) is 25.4 Å². The zero-order chi connectivity index (χ0) is 48.8. The molecule has 2 aromatic heterocycles. The van der Waals surface area contributed by atoms with Crippen LogP contribution >= 0.6 is 23.5 Å². The molecule has 0 bridgehead atoms. The second-order valence-electron chi connectivity index (χ2n) is 19.3. The Bertz CT molecular complexity index is 3010. The summed E-state index contributed by atoms with van der Waals surface area (Å²) in [6.45, 7) is 18.1. The third-order valence-electron chi connectivity index (χ3n) is 10.9. The number of nitrogen functional groups attached to an aromatic ring is 1. The summed E-state index contributed by atoms with van der Waals surface area (Å²) in [5, 5.41) is 14.8. The molecule has 0 spiro atoms. The Hall–Kier alpha value is -5.94. The van der Waals surface area contributed by atoms with Crippen molar-refractivity contribution in [2.75, 3.05) is 24.3 Å². The van der Waals surface area contributed by atoms with Gasteiger partial charge in [0, 0.05) is 78.0 Å². The number of hydrogen-bond donors (Lipinski definition) is 2. The van der Waals surface area contributed by atoms with Gasteiger partial charge in [-0.15, -0.1) is 0 Å². The molecule has 0 radical (unpaired) electrons. The first-order chi connectivity index (χ1) is 33.1. The second-order valence-corrected chi connectivity index (χ2v) is 32.8. The Balaban J connectivity index is 0.000000205. The summed E-state index contributed by atoms with van der Waals surface area (Å²) in [7, 11) is -2.29. The molecule has 2 heterocycles. The smallest absolute Gasteiger partial charge is 0.221 e. The molecule has 0 saturated heterocycles. The third-order valence-corrected chi connectivity index (χ3v) is 16.2. The summed E-state index contributed by atoms with van der Waals surface area (Å²) in [5.41, 5.74) is 13.8. The number of ether oxygens (including phenoxy) is 2. The molecule has 0 saturated carbocycles. The first-order valence-electron chi connectivity index (χ1n) is 23.4. The van der Waals surface area contributed by atoms with Crippen LogP contribution in [0.3, 0.4) is 0 Å². The topological polar surface area (TPSA) is 109 Å². The van der Waals surface area contributed by atoms with Crippen LogP contribution in [-0.4, -0.2) is 54.8 Å². The van der Waals surface area contributed by atoms with E-state index in [1.807, 2.05) is 88.2 Å². The Morgan fingerprint density at radius 1 is 0.565 bits per heavy atom. The van der Waals surface area contributed by atoms with E-state index < -0.39 is 16.1 Å². The average Bonchev–Trinajstić information content (AvgIpc) is 3.84. The van der Waals surface area contributed by atoms with Gasteiger partial charge in [-0.05, 0) is 108 Å². The summed E-state index contributed by atoms with van der Waals surface area (Å²) in [5.74, 6) is -0.0762. The van der Waals surface area contributed by atoms with E-state index in [1.54, 1.807) is 23.5 Å². The lowest BCUT2D eigenvalue weighted by Gasteiger charge is -2.15. The molecule has 3 N–H and O–H groups in total. The summed E-state index contributed by atoms with van der Waals surface area (Å²) in [6, 6.07) is 51.6. The Morgan fingerprint density at radius 2 is 1.01 bits per heavy atom. The van der Waals surface area contributed by atoms with Crippen molar-refractivity contribution in [1.82, 2.24) is 19.6 Å². The summed E-state index contributed by atoms with van der Waals surface area (Å²) in [6.07, 6.45) is 8.35. The van der Waals surface area contributed by atoms with Gasteiger partial charge in [-0.1, -0.05) is 148 Å². The predicted molar refractivity (Wildman–Crippen MR) is 298 cm³/mol. The lowest BCUT2D eigenvalue weighted by molar-refractivity contribution is -0.114. The van der Waals surface area contributed by atoms with Crippen molar-refractivity contribution in [3.05, 3.63) is 168 Å². The van der Waals surface area contributed by atoms with Gasteiger partial charge >= 0.3 is 0 Å². The first-order valence-corrected chi connectivity index (χ1v) is 32.4. The van der Waals surface area contributed by atoms with Crippen molar-refractivity contribution in [2.24, 2.45) is 0 Å². The minimum Gasteiger partial charge on any atom is -0.399 e. The number of benzene rings is 6. The monoisotopic (exact) mass is 988 g/mol. The molecule has 0 unspecified atom stereocenters. The van der Waals surface area contributed by atoms with E-state index in [9.17, 15) is 4.79 Å². The highest BCUT2D eigenvalue weighted by Gasteiger charge is 2.16. The van der Waals surface area contributed by atoms with E-state index in [2.05, 4.69) is 136 Å². The molecule has 0 fully saturated rings. The molecule has 0 aliphatic rings. The SMILES string of the molecule is CC(=O)Nc1cccc(Sc2ccc3c(/C=C/c4ccccc4)nn(COCC[Si](C)(C)C)c3c2)c1.C[Si](C)(C)CCOCn1nc(/C=C/c2ccccc2)c2ccc(Sc3cccc(N)c3)cc21. The van der Waals surface area contributed by atoms with Gasteiger partial charge in [-0.25, -0.2) is 9.36 Å². The molecule has 1 amide bonds. The Kier molecular flexibility index (Phi) is 17.8. The number of nitrogens with zero attached hydrogens (tertiary/aromatic N) is 4. The van der Waals surface area contributed by atoms with Gasteiger partial charge in [0.1, 0.15) is 13.5 Å². The number of anilines is 2. The van der Waals surface area contributed by atoms with Crippen molar-refractivity contribution >= 4 is 103 Å². The van der Waals surface area contributed by atoms with Gasteiger partial charge in [-0.3, -0.25) is 4.79 Å². The van der Waals surface area contributed by atoms with Crippen LogP contribution in [0, 0.1) is 0 Å². The Labute approximate surface area is 418 Å². The van der Waals surface area contributed by atoms with Crippen molar-refractivity contribution in [3.63, 3.8) is 0 Å². The maximum atomic E-state index is 11.4. The molecule has 356 valence electrons. The van der Waals surface area contributed by atoms with Gasteiger partial charge in [-0.2, -0.15) is 10.2 Å². The molecule has 9 nitrogen and oxygen atoms in total. The molecular weight excluding hydrogens is 925 g/mol. The number of nitrogens with two attached hydrogens (primary N) is 1. The fourth-order valence-corrected chi connectivity index (χ4v) is 10.5. The number of hydrogen-bond acceptors (Lipinski definition) is 8. The maximum absolute atomic E-state index is 11.4. The fourth-order valence-electron chi connectivity index (χ4n) is 7.16. The molecule has 0 aliphatic carbocycles. The van der Waals surface area contributed by atoms with Crippen molar-refractivity contribution in [2.45, 2.75) is 91.3 Å². The van der Waals surface area contributed by atoms with Crippen molar-refractivity contribution < 1.29 is 14.3 Å². The van der Waals surface area contributed by atoms with Gasteiger partial charge in [0.25, 0.3) is 0 Å².